The van der Waals surface area contributed by atoms with Crippen molar-refractivity contribution >= 4 is 36.3 Å². The van der Waals surface area contributed by atoms with Crippen molar-refractivity contribution < 1.29 is 38.4 Å². The second kappa shape index (κ2) is 24.9. The van der Waals surface area contributed by atoms with Crippen LogP contribution in [0.4, 0.5) is 0 Å². The van der Waals surface area contributed by atoms with Gasteiger partial charge in [-0.2, -0.15) is 0 Å². The maximum atomic E-state index is 14.0. The molecule has 0 radical (unpaired) electrons. The molecule has 4 fully saturated rings. The molecule has 10 atom stereocenters. The molecule has 1 aromatic heterocycles. The third-order valence-electron chi connectivity index (χ3n) is 14.6. The van der Waals surface area contributed by atoms with E-state index in [-0.39, 0.29) is 54.6 Å². The van der Waals surface area contributed by atoms with E-state index in [1.165, 1.54) is 64.6 Å². The SMILES string of the molecule is CCCCCCCCCCCCCC(=O)C[C@@H](CCCCN)C(=O)N[C@H](C(=O)C[C@@H](C)C(=O)N[C@@H](Cc1cnc[nH]1)C(=O)C[C@@H](C)B1O[C@@H]2C[C@@H]3C[C@@H](C3(C)C)[C@]2(C)O1)[C@@H](C)O. The predicted molar refractivity (Wildman–Crippen MR) is 243 cm³/mol. The topological polar surface area (TPSA) is 203 Å². The lowest BCUT2D eigenvalue weighted by molar-refractivity contribution is -0.199. The summed E-state index contributed by atoms with van der Waals surface area (Å²) in [6, 6.07) is -2.17. The van der Waals surface area contributed by atoms with Crippen molar-refractivity contribution in [2.45, 2.75) is 219 Å². The van der Waals surface area contributed by atoms with Gasteiger partial charge in [0.15, 0.2) is 11.6 Å². The molecule has 0 spiro atoms. The number of imidazole rings is 1. The Morgan fingerprint density at radius 1 is 0.871 bits per heavy atom. The van der Waals surface area contributed by atoms with Gasteiger partial charge in [-0.3, -0.25) is 24.0 Å². The van der Waals surface area contributed by atoms with Crippen LogP contribution >= 0.6 is 0 Å². The Hall–Kier alpha value is -2.94. The molecule has 350 valence electrons. The lowest BCUT2D eigenvalue weighted by atomic mass is 9.43. The summed E-state index contributed by atoms with van der Waals surface area (Å²) < 4.78 is 13.1. The highest BCUT2D eigenvalue weighted by atomic mass is 16.7. The van der Waals surface area contributed by atoms with Crippen molar-refractivity contribution in [3.05, 3.63) is 18.2 Å². The van der Waals surface area contributed by atoms with Crippen LogP contribution in [-0.2, 0) is 39.7 Å². The second-order valence-corrected chi connectivity index (χ2v) is 20.1. The molecule has 6 N–H and O–H groups in total. The monoisotopic (exact) mass is 868 g/mol. The minimum Gasteiger partial charge on any atom is -0.405 e. The molecule has 2 amide bonds. The van der Waals surface area contributed by atoms with E-state index in [0.717, 1.165) is 32.1 Å². The van der Waals surface area contributed by atoms with E-state index in [1.54, 1.807) is 13.1 Å². The van der Waals surface area contributed by atoms with Gasteiger partial charge in [-0.15, -0.1) is 0 Å². The summed E-state index contributed by atoms with van der Waals surface area (Å²) in [5.41, 5.74) is 6.19. The molecule has 13 nitrogen and oxygen atoms in total. The van der Waals surface area contributed by atoms with Crippen molar-refractivity contribution in [3.8, 4) is 0 Å². The maximum absolute atomic E-state index is 14.0. The number of nitrogens with two attached hydrogens (primary N) is 1. The summed E-state index contributed by atoms with van der Waals surface area (Å²) in [6.45, 7) is 14.4. The van der Waals surface area contributed by atoms with E-state index in [4.69, 9.17) is 15.0 Å². The standard InChI is InChI=1S/C48H82BN5O8/c1-8-9-10-11-12-13-14-15-16-17-18-22-38(56)26-35(21-19-20-23-50)46(60)54-44(34(4)55)41(58)24-32(2)45(59)53-39(29-37-30-51-31-52-37)40(57)25-33(3)49-61-43-28-36-27-42(47(36,5)6)48(43,7)62-49/h30-36,39,42-44,55H,8-29,50H2,1-7H3,(H,51,52)(H,53,59)(H,54,60)/t32-,33-,34-,35-,36+,39+,42+,43-,44+,48+/m1/s1. The summed E-state index contributed by atoms with van der Waals surface area (Å²) in [5, 5.41) is 16.3. The smallest absolute Gasteiger partial charge is 0.405 e. The average molecular weight is 868 g/mol. The molecule has 2 bridgehead atoms. The van der Waals surface area contributed by atoms with Gasteiger partial charge in [-0.05, 0) is 75.6 Å². The van der Waals surface area contributed by atoms with E-state index in [1.807, 2.05) is 6.92 Å². The van der Waals surface area contributed by atoms with Gasteiger partial charge >= 0.3 is 7.12 Å². The van der Waals surface area contributed by atoms with E-state index in [2.05, 4.69) is 48.3 Å². The Morgan fingerprint density at radius 3 is 2.13 bits per heavy atom. The molecule has 1 saturated heterocycles. The molecule has 14 heteroatoms. The Balaban J connectivity index is 1.28. The van der Waals surface area contributed by atoms with E-state index < -0.39 is 60.3 Å². The summed E-state index contributed by atoms with van der Waals surface area (Å²) in [6.07, 6.45) is 19.3. The normalized spacial score (nSPS) is 24.2. The Kier molecular flexibility index (Phi) is 20.8. The van der Waals surface area contributed by atoms with E-state index in [9.17, 15) is 29.1 Å². The number of hydrogen-bond donors (Lipinski definition) is 5. The van der Waals surface area contributed by atoms with Gasteiger partial charge in [0, 0.05) is 55.8 Å². The first-order valence-electron chi connectivity index (χ1n) is 24.4. The average Bonchev–Trinajstić information content (AvgIpc) is 3.88. The molecule has 3 saturated carbocycles. The number of hydrogen-bond acceptors (Lipinski definition) is 10. The van der Waals surface area contributed by atoms with Gasteiger partial charge in [-0.25, -0.2) is 4.98 Å². The lowest BCUT2D eigenvalue weighted by Crippen LogP contribution is -2.65. The molecule has 0 unspecified atom stereocenters. The van der Waals surface area contributed by atoms with Crippen LogP contribution in [-0.4, -0.2) is 87.8 Å². The van der Waals surface area contributed by atoms with Gasteiger partial charge in [0.2, 0.25) is 11.8 Å². The number of aliphatic hydroxyl groups excluding tert-OH is 1. The fraction of sp³-hybridized carbons (Fsp3) is 0.833. The highest BCUT2D eigenvalue weighted by molar-refractivity contribution is 6.47. The fourth-order valence-corrected chi connectivity index (χ4v) is 10.4. The Morgan fingerprint density at radius 2 is 1.53 bits per heavy atom. The zero-order valence-corrected chi connectivity index (χ0v) is 39.3. The zero-order valence-electron chi connectivity index (χ0n) is 39.3. The van der Waals surface area contributed by atoms with Gasteiger partial charge < -0.3 is 35.8 Å². The van der Waals surface area contributed by atoms with Gasteiger partial charge in [0.25, 0.3) is 0 Å². The molecule has 4 aliphatic rings. The molecule has 2 heterocycles. The van der Waals surface area contributed by atoms with Crippen molar-refractivity contribution in [2.75, 3.05) is 6.54 Å². The number of carbonyl (C=O) groups is 5. The molecule has 1 aliphatic heterocycles. The molecule has 0 aromatic carbocycles. The highest BCUT2D eigenvalue weighted by Crippen LogP contribution is 2.66. The Bertz CT molecular complexity index is 1570. The van der Waals surface area contributed by atoms with Crippen molar-refractivity contribution in [3.63, 3.8) is 0 Å². The zero-order chi connectivity index (χ0) is 45.5. The summed E-state index contributed by atoms with van der Waals surface area (Å²) in [4.78, 5) is 75.2. The van der Waals surface area contributed by atoms with Gasteiger partial charge in [-0.1, -0.05) is 105 Å². The van der Waals surface area contributed by atoms with Crippen LogP contribution < -0.4 is 16.4 Å². The van der Waals surface area contributed by atoms with Crippen LogP contribution in [0.2, 0.25) is 5.82 Å². The first-order valence-corrected chi connectivity index (χ1v) is 24.4. The molecular weight excluding hydrogens is 785 g/mol. The van der Waals surface area contributed by atoms with E-state index >= 15 is 0 Å². The summed E-state index contributed by atoms with van der Waals surface area (Å²) >= 11 is 0. The van der Waals surface area contributed by atoms with Crippen molar-refractivity contribution in [2.24, 2.45) is 34.8 Å². The van der Waals surface area contributed by atoms with Crippen LogP contribution in [0.1, 0.15) is 183 Å². The first kappa shape index (κ1) is 51.7. The number of unbranched alkanes of at least 4 members (excludes halogenated alkanes) is 11. The van der Waals surface area contributed by atoms with Crippen LogP contribution in [0.5, 0.6) is 0 Å². The molecule has 1 aromatic rings. The minimum atomic E-state index is -1.27. The number of aromatic amines is 1. The quantitative estimate of drug-likeness (QED) is 0.0359. The third-order valence-corrected chi connectivity index (χ3v) is 14.6. The number of carbonyl (C=O) groups excluding carboxylic acids is 5. The summed E-state index contributed by atoms with van der Waals surface area (Å²) in [7, 11) is -0.537. The number of amides is 2. The lowest BCUT2D eigenvalue weighted by Gasteiger charge is -2.64. The van der Waals surface area contributed by atoms with Crippen LogP contribution in [0, 0.1) is 29.1 Å². The maximum Gasteiger partial charge on any atom is 0.461 e. The second-order valence-electron chi connectivity index (χ2n) is 20.1. The third kappa shape index (κ3) is 14.5. The number of rotatable bonds is 32. The largest absolute Gasteiger partial charge is 0.461 e. The van der Waals surface area contributed by atoms with Crippen molar-refractivity contribution in [1.82, 2.24) is 20.6 Å². The predicted octanol–water partition coefficient (Wildman–Crippen LogP) is 7.38. The number of nitrogens with one attached hydrogen (secondary N) is 3. The van der Waals surface area contributed by atoms with Crippen molar-refractivity contribution in [1.29, 1.82) is 0 Å². The number of nitrogens with zero attached hydrogens (tertiary/aromatic N) is 1. The number of aromatic nitrogens is 2. The first-order chi connectivity index (χ1) is 29.5. The number of ketones is 3. The Labute approximate surface area is 372 Å². The summed E-state index contributed by atoms with van der Waals surface area (Å²) in [5.74, 6) is -2.44. The van der Waals surface area contributed by atoms with E-state index in [0.29, 0.717) is 49.8 Å². The van der Waals surface area contributed by atoms with Gasteiger partial charge in [0.1, 0.15) is 11.8 Å². The number of aliphatic hydroxyl groups is 1. The minimum absolute atomic E-state index is 0.00967. The van der Waals surface area contributed by atoms with Crippen LogP contribution in [0.3, 0.4) is 0 Å². The molecular formula is C48H82BN5O8. The molecule has 3 aliphatic carbocycles. The van der Waals surface area contributed by atoms with Crippen LogP contribution in [0.15, 0.2) is 12.5 Å². The van der Waals surface area contributed by atoms with Gasteiger partial charge in [0.05, 0.1) is 30.2 Å². The number of Topliss-reactive ketones (excluding diaryl/α,β-unsaturated/α-hetero) is 3. The van der Waals surface area contributed by atoms with Crippen LogP contribution in [0.25, 0.3) is 0 Å². The molecule has 5 rings (SSSR count). The highest BCUT2D eigenvalue weighted by Gasteiger charge is 2.68. The molecule has 62 heavy (non-hydrogen) atoms. The number of H-pyrrole nitrogens is 1. The fourth-order valence-electron chi connectivity index (χ4n) is 10.4.